The molecular formula is C32H32ClFN2O4. The van der Waals surface area contributed by atoms with Crippen molar-refractivity contribution in [2.45, 2.75) is 51.9 Å². The molecule has 1 saturated carbocycles. The third kappa shape index (κ3) is 5.48. The van der Waals surface area contributed by atoms with Crippen molar-refractivity contribution in [1.29, 1.82) is 0 Å². The Hall–Kier alpha value is -3.71. The largest absolute Gasteiger partial charge is 0.494 e. The van der Waals surface area contributed by atoms with E-state index in [1.165, 1.54) is 38.2 Å². The van der Waals surface area contributed by atoms with Crippen LogP contribution in [-0.2, 0) is 0 Å². The van der Waals surface area contributed by atoms with E-state index in [2.05, 4.69) is 16.9 Å². The van der Waals surface area contributed by atoms with Crippen LogP contribution in [0, 0.1) is 17.7 Å². The molecule has 1 aliphatic carbocycles. The molecule has 0 bridgehead atoms. The van der Waals surface area contributed by atoms with Crippen molar-refractivity contribution >= 4 is 34.4 Å². The molecule has 208 valence electrons. The number of aromatic nitrogens is 2. The molecule has 0 amide bonds. The predicted octanol–water partition coefficient (Wildman–Crippen LogP) is 8.58. The fourth-order valence-corrected chi connectivity index (χ4v) is 6.34. The van der Waals surface area contributed by atoms with E-state index in [-0.39, 0.29) is 17.1 Å². The van der Waals surface area contributed by atoms with Gasteiger partial charge in [0.25, 0.3) is 0 Å². The number of rotatable bonds is 10. The third-order valence-corrected chi connectivity index (χ3v) is 8.35. The van der Waals surface area contributed by atoms with Crippen LogP contribution in [0.15, 0.2) is 48.5 Å². The van der Waals surface area contributed by atoms with Crippen LogP contribution >= 0.6 is 11.6 Å². The van der Waals surface area contributed by atoms with Crippen LogP contribution in [0.1, 0.15) is 72.6 Å². The number of nitrogens with one attached hydrogen (secondary N) is 1. The van der Waals surface area contributed by atoms with E-state index in [0.717, 1.165) is 25.7 Å². The molecule has 0 saturated heterocycles. The van der Waals surface area contributed by atoms with E-state index in [4.69, 9.17) is 16.3 Å². The number of ether oxygens (including phenoxy) is 1. The zero-order valence-electron chi connectivity index (χ0n) is 22.6. The van der Waals surface area contributed by atoms with Crippen molar-refractivity contribution in [3.63, 3.8) is 0 Å². The van der Waals surface area contributed by atoms with E-state index in [9.17, 15) is 19.1 Å². The molecule has 1 unspecified atom stereocenters. The lowest BCUT2D eigenvalue weighted by molar-refractivity contribution is 0.0697. The second-order valence-corrected chi connectivity index (χ2v) is 10.9. The first kappa shape index (κ1) is 27.8. The van der Waals surface area contributed by atoms with Gasteiger partial charge >= 0.3 is 5.97 Å². The smallest absolute Gasteiger partial charge is 0.336 e. The highest BCUT2D eigenvalue weighted by molar-refractivity contribution is 6.34. The van der Waals surface area contributed by atoms with Crippen LogP contribution < -0.4 is 4.74 Å². The van der Waals surface area contributed by atoms with Crippen LogP contribution in [0.5, 0.6) is 5.75 Å². The van der Waals surface area contributed by atoms with E-state index < -0.39 is 11.8 Å². The van der Waals surface area contributed by atoms with E-state index in [1.54, 1.807) is 30.3 Å². The first-order valence-electron chi connectivity index (χ1n) is 13.7. The summed E-state index contributed by atoms with van der Waals surface area (Å²) < 4.78 is 19.4. The Kier molecular flexibility index (Phi) is 8.22. The first-order chi connectivity index (χ1) is 19.3. The summed E-state index contributed by atoms with van der Waals surface area (Å²) in [4.78, 5) is 33.6. The summed E-state index contributed by atoms with van der Waals surface area (Å²) in [5.74, 6) is -0.376. The molecule has 0 aliphatic heterocycles. The van der Waals surface area contributed by atoms with Gasteiger partial charge in [-0.1, -0.05) is 81.3 Å². The maximum atomic E-state index is 14.3. The molecule has 1 aromatic heterocycles. The number of carboxylic acid groups (broad SMARTS) is 1. The second kappa shape index (κ2) is 11.8. The summed E-state index contributed by atoms with van der Waals surface area (Å²) in [6.07, 6.45) is 7.19. The number of aromatic amines is 1. The molecule has 4 aromatic rings. The monoisotopic (exact) mass is 562 g/mol. The number of carbonyl (C=O) groups is 2. The molecule has 0 radical (unpaired) electrons. The van der Waals surface area contributed by atoms with Crippen molar-refractivity contribution in [2.24, 2.45) is 11.8 Å². The number of hydrogen-bond acceptors (Lipinski definition) is 4. The molecule has 2 N–H and O–H groups in total. The van der Waals surface area contributed by atoms with Gasteiger partial charge in [0, 0.05) is 40.3 Å². The quantitative estimate of drug-likeness (QED) is 0.189. The lowest BCUT2D eigenvalue weighted by atomic mass is 9.82. The first-order valence-corrected chi connectivity index (χ1v) is 14.1. The number of carboxylic acids is 1. The average molecular weight is 563 g/mol. The van der Waals surface area contributed by atoms with E-state index in [0.29, 0.717) is 62.4 Å². The Bertz CT molecular complexity index is 1570. The van der Waals surface area contributed by atoms with Crippen molar-refractivity contribution in [1.82, 2.24) is 9.97 Å². The van der Waals surface area contributed by atoms with Gasteiger partial charge in [0.2, 0.25) is 0 Å². The molecule has 5 rings (SSSR count). The molecule has 1 heterocycles. The van der Waals surface area contributed by atoms with Crippen LogP contribution in [0.4, 0.5) is 4.39 Å². The fourth-order valence-electron chi connectivity index (χ4n) is 6.06. The Morgan fingerprint density at radius 2 is 1.93 bits per heavy atom. The van der Waals surface area contributed by atoms with Crippen LogP contribution in [0.2, 0.25) is 5.02 Å². The number of methoxy groups -OCH3 is 1. The topological polar surface area (TPSA) is 92.3 Å². The maximum Gasteiger partial charge on any atom is 0.336 e. The van der Waals surface area contributed by atoms with Crippen molar-refractivity contribution in [2.75, 3.05) is 7.11 Å². The zero-order valence-corrected chi connectivity index (χ0v) is 23.4. The van der Waals surface area contributed by atoms with Gasteiger partial charge in [0.05, 0.1) is 23.7 Å². The number of imidazole rings is 1. The molecule has 0 spiro atoms. The highest BCUT2D eigenvalue weighted by atomic mass is 35.5. The minimum atomic E-state index is -1.16. The number of carbonyl (C=O) groups excluding carboxylic acids is 1. The number of nitrogens with zero attached hydrogens (tertiary/aromatic N) is 1. The van der Waals surface area contributed by atoms with Gasteiger partial charge in [0.1, 0.15) is 5.82 Å². The van der Waals surface area contributed by atoms with Gasteiger partial charge < -0.3 is 14.8 Å². The average Bonchev–Trinajstić information content (AvgIpc) is 3.62. The minimum absolute atomic E-state index is 0.0167. The molecule has 1 atom stereocenters. The number of H-pyrrole nitrogens is 1. The van der Waals surface area contributed by atoms with Crippen LogP contribution in [-0.4, -0.2) is 33.9 Å². The van der Waals surface area contributed by atoms with Crippen LogP contribution in [0.3, 0.4) is 0 Å². The number of benzene rings is 3. The molecule has 1 aliphatic rings. The van der Waals surface area contributed by atoms with Crippen molar-refractivity contribution in [3.05, 3.63) is 70.5 Å². The van der Waals surface area contributed by atoms with Gasteiger partial charge in [-0.05, 0) is 29.5 Å². The molecule has 1 fully saturated rings. The summed E-state index contributed by atoms with van der Waals surface area (Å²) in [5, 5.41) is 10.5. The Balaban J connectivity index is 1.54. The molecule has 40 heavy (non-hydrogen) atoms. The maximum absolute atomic E-state index is 14.3. The van der Waals surface area contributed by atoms with Gasteiger partial charge in [-0.15, -0.1) is 0 Å². The van der Waals surface area contributed by atoms with Gasteiger partial charge in [-0.2, -0.15) is 0 Å². The van der Waals surface area contributed by atoms with Crippen LogP contribution in [0.25, 0.3) is 33.5 Å². The number of ketones is 1. The Morgan fingerprint density at radius 1 is 1.15 bits per heavy atom. The molecule has 3 aromatic carbocycles. The summed E-state index contributed by atoms with van der Waals surface area (Å²) in [6, 6.07) is 12.8. The van der Waals surface area contributed by atoms with Gasteiger partial charge in [-0.25, -0.2) is 14.2 Å². The van der Waals surface area contributed by atoms with E-state index in [1.807, 2.05) is 0 Å². The summed E-state index contributed by atoms with van der Waals surface area (Å²) in [7, 11) is 1.38. The fraction of sp³-hybridized carbons (Fsp3) is 0.344. The predicted molar refractivity (Wildman–Crippen MR) is 155 cm³/mol. The minimum Gasteiger partial charge on any atom is -0.494 e. The summed E-state index contributed by atoms with van der Waals surface area (Å²) >= 11 is 6.66. The number of halogens is 2. The normalized spacial score (nSPS) is 14.5. The van der Waals surface area contributed by atoms with Gasteiger partial charge in [-0.3, -0.25) is 4.79 Å². The molecule has 8 heteroatoms. The summed E-state index contributed by atoms with van der Waals surface area (Å²) in [5.41, 5.74) is 2.70. The summed E-state index contributed by atoms with van der Waals surface area (Å²) in [6.45, 7) is 2.14. The highest BCUT2D eigenvalue weighted by Crippen LogP contribution is 2.40. The van der Waals surface area contributed by atoms with Gasteiger partial charge in [0.15, 0.2) is 17.3 Å². The number of Topliss-reactive ketones (excluding diaryl/α,β-unsaturated/α-hetero) is 1. The zero-order chi connectivity index (χ0) is 28.4. The molecule has 6 nitrogen and oxygen atoms in total. The third-order valence-electron chi connectivity index (χ3n) is 8.04. The lowest BCUT2D eigenvalue weighted by Gasteiger charge is -2.22. The number of aromatic carboxylic acids is 1. The highest BCUT2D eigenvalue weighted by Gasteiger charge is 2.28. The standard InChI is InChI=1S/C32H32ClFN2O4/c1-3-7-19(18-8-4-5-9-18)15-28(37)20-12-13-21(23(14-20)32(38)39)30-22(10-6-11-24(30)33)31-35-26-16-25(34)29(40-2)17-27(26)36-31/h6,10-14,16-19H,3-5,7-9,15H2,1-2H3,(H,35,36)(H,38,39). The Morgan fingerprint density at radius 3 is 2.62 bits per heavy atom. The number of hydrogen-bond donors (Lipinski definition) is 2. The lowest BCUT2D eigenvalue weighted by Crippen LogP contribution is -2.17. The van der Waals surface area contributed by atoms with Crippen molar-refractivity contribution in [3.8, 4) is 28.3 Å². The second-order valence-electron chi connectivity index (χ2n) is 10.5. The van der Waals surface area contributed by atoms with Crippen molar-refractivity contribution < 1.29 is 23.8 Å². The SMILES string of the molecule is CCCC(CC(=O)c1ccc(-c2c(Cl)cccc2-c2nc3cc(OC)c(F)cc3[nH]2)c(C(=O)O)c1)C1CCCC1. The number of fused-ring (bicyclic) bond motifs is 1. The molecular weight excluding hydrogens is 531 g/mol. The van der Waals surface area contributed by atoms with E-state index >= 15 is 0 Å². The Labute approximate surface area is 237 Å².